The van der Waals surface area contributed by atoms with Crippen molar-refractivity contribution in [2.75, 3.05) is 12.1 Å². The molecule has 2 aromatic carbocycles. The number of hydrogen-bond donors (Lipinski definition) is 0. The number of nitrogens with zero attached hydrogens (tertiary/aromatic N) is 2. The van der Waals surface area contributed by atoms with E-state index in [-0.39, 0.29) is 5.97 Å². The van der Waals surface area contributed by atoms with Gasteiger partial charge in [0.05, 0.1) is 18.5 Å². The first-order valence-electron chi connectivity index (χ1n) is 7.50. The number of hydrazone groups is 1. The summed E-state index contributed by atoms with van der Waals surface area (Å²) >= 11 is 0. The van der Waals surface area contributed by atoms with Gasteiger partial charge >= 0.3 is 5.97 Å². The van der Waals surface area contributed by atoms with Crippen LogP contribution in [0.5, 0.6) is 0 Å². The molecular weight excluding hydrogens is 288 g/mol. The summed E-state index contributed by atoms with van der Waals surface area (Å²) in [4.78, 5) is 12.1. The monoisotopic (exact) mass is 306 g/mol. The molecule has 0 bridgehead atoms. The van der Waals surface area contributed by atoms with Crippen molar-refractivity contribution in [2.45, 2.75) is 12.5 Å². The Balaban J connectivity index is 1.84. The zero-order valence-electron chi connectivity index (χ0n) is 12.9. The topological polar surface area (TPSA) is 41.9 Å². The van der Waals surface area contributed by atoms with Crippen LogP contribution in [-0.2, 0) is 9.53 Å². The molecule has 3 rings (SSSR count). The van der Waals surface area contributed by atoms with Gasteiger partial charge < -0.3 is 4.74 Å². The number of esters is 1. The molecule has 116 valence electrons. The number of allylic oxidation sites excluding steroid dienone is 1. The molecule has 0 fully saturated rings. The number of carbonyl (C=O) groups excluding carboxylic acids is 1. The van der Waals surface area contributed by atoms with Gasteiger partial charge in [-0.05, 0) is 23.8 Å². The Kier molecular flexibility index (Phi) is 4.52. The third-order valence-corrected chi connectivity index (χ3v) is 3.70. The summed E-state index contributed by atoms with van der Waals surface area (Å²) in [7, 11) is 1.41. The summed E-state index contributed by atoms with van der Waals surface area (Å²) in [6.45, 7) is 0. The van der Waals surface area contributed by atoms with Crippen molar-refractivity contribution in [1.82, 2.24) is 0 Å². The molecule has 0 spiro atoms. The molecular formula is C19H18N2O2. The lowest BCUT2D eigenvalue weighted by molar-refractivity contribution is -0.141. The van der Waals surface area contributed by atoms with Crippen LogP contribution in [0.3, 0.4) is 0 Å². The van der Waals surface area contributed by atoms with Crippen LogP contribution in [0.4, 0.5) is 5.69 Å². The van der Waals surface area contributed by atoms with Gasteiger partial charge in [0.25, 0.3) is 0 Å². The van der Waals surface area contributed by atoms with Gasteiger partial charge in [0.2, 0.25) is 0 Å². The molecule has 0 aromatic heterocycles. The van der Waals surface area contributed by atoms with Gasteiger partial charge in [-0.2, -0.15) is 5.10 Å². The normalized spacial score (nSPS) is 17.3. The van der Waals surface area contributed by atoms with Crippen molar-refractivity contribution in [3.63, 3.8) is 0 Å². The molecule has 1 unspecified atom stereocenters. The van der Waals surface area contributed by atoms with E-state index in [1.54, 1.807) is 5.01 Å². The number of anilines is 1. The summed E-state index contributed by atoms with van der Waals surface area (Å²) in [5, 5.41) is 6.32. The van der Waals surface area contributed by atoms with E-state index in [0.29, 0.717) is 6.42 Å². The summed E-state index contributed by atoms with van der Waals surface area (Å²) in [6.07, 6.45) is 4.49. The molecule has 1 atom stereocenters. The Morgan fingerprint density at radius 2 is 1.74 bits per heavy atom. The maximum absolute atomic E-state index is 12.1. The predicted octanol–water partition coefficient (Wildman–Crippen LogP) is 3.51. The molecule has 4 heteroatoms. The maximum atomic E-state index is 12.1. The van der Waals surface area contributed by atoms with E-state index < -0.39 is 6.04 Å². The Hall–Kier alpha value is -2.88. The third kappa shape index (κ3) is 3.48. The molecule has 0 aliphatic carbocycles. The number of hydrogen-bond acceptors (Lipinski definition) is 4. The number of rotatable bonds is 4. The summed E-state index contributed by atoms with van der Waals surface area (Å²) in [5.74, 6) is -0.277. The number of para-hydroxylation sites is 1. The minimum absolute atomic E-state index is 0.277. The van der Waals surface area contributed by atoms with Crippen LogP contribution in [0.1, 0.15) is 12.0 Å². The maximum Gasteiger partial charge on any atom is 0.331 e. The van der Waals surface area contributed by atoms with E-state index in [1.165, 1.54) is 7.11 Å². The standard InChI is InChI=1S/C19H18N2O2/c1-23-19(22)18-14-16(13-12-15-8-4-2-5-9-15)20-21(18)17-10-6-3-7-11-17/h2-13,18H,14H2,1H3/b13-12+. The number of carbonyl (C=O) groups is 1. The van der Waals surface area contributed by atoms with E-state index in [9.17, 15) is 4.79 Å². The lowest BCUT2D eigenvalue weighted by atomic mass is 10.1. The van der Waals surface area contributed by atoms with Gasteiger partial charge in [-0.3, -0.25) is 5.01 Å². The molecule has 1 aliphatic rings. The highest BCUT2D eigenvalue weighted by Crippen LogP contribution is 2.25. The summed E-state index contributed by atoms with van der Waals surface area (Å²) in [6, 6.07) is 19.3. The molecule has 0 radical (unpaired) electrons. The zero-order valence-corrected chi connectivity index (χ0v) is 12.9. The number of methoxy groups -OCH3 is 1. The second-order valence-corrected chi connectivity index (χ2v) is 5.26. The Bertz CT molecular complexity index is 724. The third-order valence-electron chi connectivity index (χ3n) is 3.70. The molecule has 0 amide bonds. The minimum Gasteiger partial charge on any atom is -0.467 e. The van der Waals surface area contributed by atoms with Crippen molar-refractivity contribution in [2.24, 2.45) is 5.10 Å². The van der Waals surface area contributed by atoms with Gasteiger partial charge in [0.15, 0.2) is 6.04 Å². The van der Waals surface area contributed by atoms with Gasteiger partial charge in [0, 0.05) is 6.42 Å². The van der Waals surface area contributed by atoms with Crippen LogP contribution < -0.4 is 5.01 Å². The van der Waals surface area contributed by atoms with Gasteiger partial charge in [0.1, 0.15) is 0 Å². The first kappa shape index (κ1) is 15.0. The smallest absolute Gasteiger partial charge is 0.331 e. The van der Waals surface area contributed by atoms with Gasteiger partial charge in [-0.1, -0.05) is 54.6 Å². The molecule has 23 heavy (non-hydrogen) atoms. The van der Waals surface area contributed by atoms with Crippen molar-refractivity contribution < 1.29 is 9.53 Å². The van der Waals surface area contributed by atoms with Crippen molar-refractivity contribution in [3.05, 3.63) is 72.3 Å². The quantitative estimate of drug-likeness (QED) is 0.812. The molecule has 1 aliphatic heterocycles. The van der Waals surface area contributed by atoms with Crippen LogP contribution in [0.25, 0.3) is 6.08 Å². The first-order valence-corrected chi connectivity index (χ1v) is 7.50. The largest absolute Gasteiger partial charge is 0.467 e. The highest BCUT2D eigenvalue weighted by atomic mass is 16.5. The average molecular weight is 306 g/mol. The van der Waals surface area contributed by atoms with Gasteiger partial charge in [-0.25, -0.2) is 4.79 Å². The SMILES string of the molecule is COC(=O)C1CC(/C=C/c2ccccc2)=NN1c1ccccc1. The van der Waals surface area contributed by atoms with Crippen LogP contribution in [0.15, 0.2) is 71.8 Å². The Morgan fingerprint density at radius 1 is 1.09 bits per heavy atom. The van der Waals surface area contributed by atoms with Crippen molar-refractivity contribution in [3.8, 4) is 0 Å². The summed E-state index contributed by atoms with van der Waals surface area (Å²) < 4.78 is 4.92. The molecule has 0 saturated heterocycles. The fraction of sp³-hybridized carbons (Fsp3) is 0.158. The summed E-state index contributed by atoms with van der Waals surface area (Å²) in [5.41, 5.74) is 2.84. The lowest BCUT2D eigenvalue weighted by Gasteiger charge is -2.21. The fourth-order valence-electron chi connectivity index (χ4n) is 2.53. The van der Waals surface area contributed by atoms with E-state index in [0.717, 1.165) is 17.0 Å². The lowest BCUT2D eigenvalue weighted by Crippen LogP contribution is -2.35. The Morgan fingerprint density at radius 3 is 2.39 bits per heavy atom. The highest BCUT2D eigenvalue weighted by molar-refractivity contribution is 6.04. The van der Waals surface area contributed by atoms with Gasteiger partial charge in [-0.15, -0.1) is 0 Å². The van der Waals surface area contributed by atoms with Crippen LogP contribution in [0, 0.1) is 0 Å². The van der Waals surface area contributed by atoms with E-state index in [4.69, 9.17) is 4.74 Å². The predicted molar refractivity (Wildman–Crippen MR) is 92.3 cm³/mol. The molecule has 2 aromatic rings. The second-order valence-electron chi connectivity index (χ2n) is 5.26. The van der Waals surface area contributed by atoms with Crippen LogP contribution in [0.2, 0.25) is 0 Å². The molecule has 1 heterocycles. The van der Waals surface area contributed by atoms with Crippen molar-refractivity contribution in [1.29, 1.82) is 0 Å². The number of benzene rings is 2. The van der Waals surface area contributed by atoms with E-state index >= 15 is 0 Å². The average Bonchev–Trinajstić information content (AvgIpc) is 3.05. The van der Waals surface area contributed by atoms with Crippen LogP contribution in [-0.4, -0.2) is 24.8 Å². The van der Waals surface area contributed by atoms with Crippen molar-refractivity contribution >= 4 is 23.4 Å². The fourth-order valence-corrected chi connectivity index (χ4v) is 2.53. The first-order chi connectivity index (χ1) is 11.3. The molecule has 0 saturated carbocycles. The Labute approximate surface area is 135 Å². The highest BCUT2D eigenvalue weighted by Gasteiger charge is 2.33. The molecule has 4 nitrogen and oxygen atoms in total. The van der Waals surface area contributed by atoms with Crippen LogP contribution >= 0.6 is 0 Å². The molecule has 0 N–H and O–H groups in total. The second kappa shape index (κ2) is 6.92. The number of ether oxygens (including phenoxy) is 1. The zero-order chi connectivity index (χ0) is 16.1. The minimum atomic E-state index is -0.419. The van der Waals surface area contributed by atoms with E-state index in [2.05, 4.69) is 5.10 Å². The van der Waals surface area contributed by atoms with E-state index in [1.807, 2.05) is 72.8 Å².